The van der Waals surface area contributed by atoms with Gasteiger partial charge in [0, 0.05) is 17.8 Å². The van der Waals surface area contributed by atoms with Crippen molar-refractivity contribution in [2.75, 3.05) is 11.4 Å². The number of unbranched alkanes of at least 4 members (excludes halogenated alkanes) is 1. The Kier molecular flexibility index (Phi) is 6.82. The van der Waals surface area contributed by atoms with Crippen LogP contribution in [-0.4, -0.2) is 33.9 Å². The zero-order valence-corrected chi connectivity index (χ0v) is 22.7. The largest absolute Gasteiger partial charge is 0.326 e. The van der Waals surface area contributed by atoms with Gasteiger partial charge in [0.25, 0.3) is 5.91 Å². The summed E-state index contributed by atoms with van der Waals surface area (Å²) in [5.41, 5.74) is 7.00. The number of amides is 2. The van der Waals surface area contributed by atoms with Crippen molar-refractivity contribution in [1.82, 2.24) is 9.47 Å². The first-order valence-corrected chi connectivity index (χ1v) is 14.1. The van der Waals surface area contributed by atoms with Gasteiger partial charge in [0.15, 0.2) is 0 Å². The number of carbonyl (C=O) groups is 2. The second-order valence-electron chi connectivity index (χ2n) is 10.8. The summed E-state index contributed by atoms with van der Waals surface area (Å²) in [4.78, 5) is 31.7. The van der Waals surface area contributed by atoms with E-state index in [0.29, 0.717) is 5.56 Å². The third-order valence-electron chi connectivity index (χ3n) is 7.96. The molecule has 0 spiro atoms. The van der Waals surface area contributed by atoms with E-state index >= 15 is 0 Å². The highest BCUT2D eigenvalue weighted by Crippen LogP contribution is 2.42. The van der Waals surface area contributed by atoms with Gasteiger partial charge in [0.1, 0.15) is 12.6 Å². The van der Waals surface area contributed by atoms with Crippen molar-refractivity contribution in [1.29, 1.82) is 0 Å². The summed E-state index contributed by atoms with van der Waals surface area (Å²) in [6, 6.07) is 28.3. The van der Waals surface area contributed by atoms with Crippen LogP contribution in [0.4, 0.5) is 5.69 Å². The molecule has 2 amide bonds. The highest BCUT2D eigenvalue weighted by atomic mass is 16.2. The Balaban J connectivity index is 1.34. The number of anilines is 1. The first-order valence-electron chi connectivity index (χ1n) is 14.1. The molecule has 1 aliphatic heterocycles. The van der Waals surface area contributed by atoms with Gasteiger partial charge < -0.3 is 9.47 Å². The van der Waals surface area contributed by atoms with E-state index in [0.717, 1.165) is 54.7 Å². The van der Waals surface area contributed by atoms with E-state index in [1.165, 1.54) is 11.1 Å². The molecule has 5 heteroatoms. The Morgan fingerprint density at radius 3 is 2.28 bits per heavy atom. The first-order chi connectivity index (χ1) is 19.0. The number of benzene rings is 3. The number of nitrogens with zero attached hydrogens (tertiary/aromatic N) is 3. The predicted molar refractivity (Wildman–Crippen MR) is 155 cm³/mol. The zero-order valence-electron chi connectivity index (χ0n) is 22.7. The van der Waals surface area contributed by atoms with Gasteiger partial charge in [-0.25, -0.2) is 0 Å². The molecule has 5 nitrogen and oxygen atoms in total. The second-order valence-corrected chi connectivity index (χ2v) is 10.8. The van der Waals surface area contributed by atoms with Gasteiger partial charge in [-0.15, -0.1) is 0 Å². The Morgan fingerprint density at radius 2 is 1.59 bits per heavy atom. The van der Waals surface area contributed by atoms with Gasteiger partial charge in [-0.1, -0.05) is 67.4 Å². The quantitative estimate of drug-likeness (QED) is 0.256. The lowest BCUT2D eigenvalue weighted by Gasteiger charge is -2.39. The maximum atomic E-state index is 14.3. The van der Waals surface area contributed by atoms with Gasteiger partial charge in [0.2, 0.25) is 5.91 Å². The minimum absolute atomic E-state index is 0.0541. The van der Waals surface area contributed by atoms with Crippen molar-refractivity contribution in [3.63, 3.8) is 0 Å². The van der Waals surface area contributed by atoms with Crippen LogP contribution in [0.2, 0.25) is 0 Å². The van der Waals surface area contributed by atoms with Crippen LogP contribution in [0.25, 0.3) is 5.69 Å². The summed E-state index contributed by atoms with van der Waals surface area (Å²) >= 11 is 0. The van der Waals surface area contributed by atoms with Gasteiger partial charge in [-0.2, -0.15) is 0 Å². The maximum absolute atomic E-state index is 14.3. The highest BCUT2D eigenvalue weighted by molar-refractivity contribution is 6.03. The Hall–Kier alpha value is -4.12. The molecule has 1 fully saturated rings. The fraction of sp³-hybridized carbons (Fsp3) is 0.294. The average molecular weight is 518 g/mol. The van der Waals surface area contributed by atoms with Gasteiger partial charge in [0.05, 0.1) is 17.1 Å². The molecule has 0 bridgehead atoms. The van der Waals surface area contributed by atoms with Crippen molar-refractivity contribution in [2.45, 2.75) is 58.0 Å². The second kappa shape index (κ2) is 10.6. The molecular formula is C34H35N3O2. The predicted octanol–water partition coefficient (Wildman–Crippen LogP) is 6.87. The van der Waals surface area contributed by atoms with E-state index in [-0.39, 0.29) is 30.4 Å². The van der Waals surface area contributed by atoms with E-state index < -0.39 is 0 Å². The van der Waals surface area contributed by atoms with Crippen LogP contribution >= 0.6 is 0 Å². The van der Waals surface area contributed by atoms with E-state index in [9.17, 15) is 9.59 Å². The van der Waals surface area contributed by atoms with Crippen LogP contribution in [0.1, 0.15) is 71.4 Å². The third kappa shape index (κ3) is 4.89. The van der Waals surface area contributed by atoms with Crippen LogP contribution in [0.3, 0.4) is 0 Å². The highest BCUT2D eigenvalue weighted by Gasteiger charge is 2.40. The van der Waals surface area contributed by atoms with Crippen molar-refractivity contribution >= 4 is 17.5 Å². The summed E-state index contributed by atoms with van der Waals surface area (Å²) < 4.78 is 2.17. The van der Waals surface area contributed by atoms with Gasteiger partial charge >= 0.3 is 0 Å². The molecule has 4 aromatic rings. The lowest BCUT2D eigenvalue weighted by molar-refractivity contribution is -0.119. The van der Waals surface area contributed by atoms with Crippen LogP contribution in [0.5, 0.6) is 0 Å². The lowest BCUT2D eigenvalue weighted by Crippen LogP contribution is -2.47. The molecule has 1 atom stereocenters. The van der Waals surface area contributed by atoms with E-state index in [2.05, 4.69) is 67.1 Å². The maximum Gasteiger partial charge on any atom is 0.254 e. The number of para-hydroxylation sites is 2. The Labute approximate surface area is 230 Å². The number of hydrogen-bond donors (Lipinski definition) is 0. The molecule has 1 unspecified atom stereocenters. The summed E-state index contributed by atoms with van der Waals surface area (Å²) in [6.07, 6.45) is 7.24. The van der Waals surface area contributed by atoms with Crippen LogP contribution in [0.15, 0.2) is 91.1 Å². The molecule has 0 saturated heterocycles. The molecular weight excluding hydrogens is 482 g/mol. The summed E-state index contributed by atoms with van der Waals surface area (Å²) in [6.45, 7) is 4.31. The van der Waals surface area contributed by atoms with Crippen molar-refractivity contribution in [2.24, 2.45) is 0 Å². The van der Waals surface area contributed by atoms with Crippen molar-refractivity contribution < 1.29 is 9.59 Å². The number of aromatic nitrogens is 1. The van der Waals surface area contributed by atoms with Crippen LogP contribution in [0, 0.1) is 6.92 Å². The topological polar surface area (TPSA) is 45.6 Å². The summed E-state index contributed by atoms with van der Waals surface area (Å²) in [5, 5.41) is 0. The van der Waals surface area contributed by atoms with E-state index in [1.54, 1.807) is 4.90 Å². The molecule has 1 aliphatic carbocycles. The molecule has 3 aromatic carbocycles. The normalized spacial score (nSPS) is 15.9. The van der Waals surface area contributed by atoms with Gasteiger partial charge in [-0.3, -0.25) is 14.5 Å². The molecule has 1 aromatic heterocycles. The zero-order chi connectivity index (χ0) is 26.9. The minimum Gasteiger partial charge on any atom is -0.326 e. The van der Waals surface area contributed by atoms with E-state index in [4.69, 9.17) is 0 Å². The molecule has 2 heterocycles. The first kappa shape index (κ1) is 25.2. The number of rotatable bonds is 8. The molecule has 6 rings (SSSR count). The van der Waals surface area contributed by atoms with Crippen LogP contribution < -0.4 is 4.90 Å². The summed E-state index contributed by atoms with van der Waals surface area (Å²) in [7, 11) is 0. The van der Waals surface area contributed by atoms with Crippen LogP contribution in [-0.2, 0) is 11.2 Å². The number of fused-ring (bicyclic) bond motifs is 3. The lowest BCUT2D eigenvalue weighted by atomic mass is 9.97. The minimum atomic E-state index is -0.281. The molecule has 39 heavy (non-hydrogen) atoms. The Bertz CT molecular complexity index is 1480. The standard InChI is InChI=1S/C34H35N3O2/c1-3-4-8-25-14-18-27(19-15-25)34(39)36(28-20-21-28)23-32(38)37-30-10-6-5-9-29(30)35-22-7-11-31(35)33(37)26-16-12-24(2)13-17-26/h5-7,9-19,22,28,33H,3-4,8,20-21,23H2,1-2H3. The number of carbonyl (C=O) groups excluding carboxylic acids is 2. The molecule has 0 N–H and O–H groups in total. The average Bonchev–Trinajstić information content (AvgIpc) is 3.69. The molecule has 1 saturated carbocycles. The third-order valence-corrected chi connectivity index (χ3v) is 7.96. The number of aryl methyl sites for hydroxylation is 2. The fourth-order valence-corrected chi connectivity index (χ4v) is 5.66. The SMILES string of the molecule is CCCCc1ccc(C(=O)N(CC(=O)N2c3ccccc3-n3cccc3C2c2ccc(C)cc2)C2CC2)cc1. The van der Waals surface area contributed by atoms with Gasteiger partial charge in [-0.05, 0) is 80.1 Å². The number of hydrogen-bond acceptors (Lipinski definition) is 2. The van der Waals surface area contributed by atoms with Crippen molar-refractivity contribution in [3.05, 3.63) is 119 Å². The monoisotopic (exact) mass is 517 g/mol. The Morgan fingerprint density at radius 1 is 0.872 bits per heavy atom. The molecule has 198 valence electrons. The smallest absolute Gasteiger partial charge is 0.254 e. The van der Waals surface area contributed by atoms with E-state index in [1.807, 2.05) is 47.4 Å². The summed E-state index contributed by atoms with van der Waals surface area (Å²) in [5.74, 6) is -0.131. The molecule has 2 aliphatic rings. The molecule has 0 radical (unpaired) electrons. The van der Waals surface area contributed by atoms with Crippen molar-refractivity contribution in [3.8, 4) is 5.69 Å². The fourth-order valence-electron chi connectivity index (χ4n) is 5.66.